The maximum absolute atomic E-state index is 13.5. The van der Waals surface area contributed by atoms with Crippen LogP contribution in [0.4, 0.5) is 0 Å². The molecule has 4 rings (SSSR count). The summed E-state index contributed by atoms with van der Waals surface area (Å²) in [7, 11) is 0. The van der Waals surface area contributed by atoms with E-state index in [1.54, 1.807) is 27.7 Å². The van der Waals surface area contributed by atoms with Crippen LogP contribution in [-0.4, -0.2) is 52.4 Å². The summed E-state index contributed by atoms with van der Waals surface area (Å²) in [6, 6.07) is 7.94. The summed E-state index contributed by atoms with van der Waals surface area (Å²) in [5, 5.41) is 1.39. The lowest BCUT2D eigenvalue weighted by Gasteiger charge is -2.26. The van der Waals surface area contributed by atoms with Gasteiger partial charge in [0.1, 0.15) is 4.83 Å². The number of aromatic nitrogens is 2. The first-order chi connectivity index (χ1) is 15.0. The first kappa shape index (κ1) is 22.0. The third-order valence-electron chi connectivity index (χ3n) is 5.56. The fourth-order valence-corrected chi connectivity index (χ4v) is 5.75. The Morgan fingerprint density at radius 3 is 2.74 bits per heavy atom. The van der Waals surface area contributed by atoms with E-state index in [0.717, 1.165) is 38.7 Å². The second-order valence-corrected chi connectivity index (χ2v) is 10.0. The van der Waals surface area contributed by atoms with Crippen LogP contribution >= 0.6 is 23.1 Å². The molecule has 0 N–H and O–H groups in total. The third kappa shape index (κ3) is 4.71. The number of thiophene rings is 1. The minimum Gasteiger partial charge on any atom is -0.378 e. The van der Waals surface area contributed by atoms with Crippen LogP contribution in [0.2, 0.25) is 0 Å². The number of carbonyl (C=O) groups is 1. The van der Waals surface area contributed by atoms with Gasteiger partial charge in [0.05, 0.1) is 24.3 Å². The van der Waals surface area contributed by atoms with Gasteiger partial charge in [-0.15, -0.1) is 11.3 Å². The maximum atomic E-state index is 13.5. The van der Waals surface area contributed by atoms with Gasteiger partial charge in [-0.25, -0.2) is 4.98 Å². The van der Waals surface area contributed by atoms with E-state index in [0.29, 0.717) is 43.3 Å². The number of benzene rings is 1. The van der Waals surface area contributed by atoms with Crippen molar-refractivity contribution in [1.29, 1.82) is 0 Å². The van der Waals surface area contributed by atoms with Crippen molar-refractivity contribution in [3.8, 4) is 5.69 Å². The van der Waals surface area contributed by atoms with E-state index in [1.807, 2.05) is 49.9 Å². The van der Waals surface area contributed by atoms with Crippen molar-refractivity contribution in [2.75, 3.05) is 32.1 Å². The van der Waals surface area contributed by atoms with Gasteiger partial charge in [-0.05, 0) is 50.5 Å². The molecule has 0 spiro atoms. The molecule has 8 heteroatoms. The van der Waals surface area contributed by atoms with Crippen LogP contribution in [0.5, 0.6) is 0 Å². The van der Waals surface area contributed by atoms with Gasteiger partial charge in [0.2, 0.25) is 5.91 Å². The second kappa shape index (κ2) is 9.54. The molecule has 0 unspecified atom stereocenters. The van der Waals surface area contributed by atoms with Crippen molar-refractivity contribution >= 4 is 39.2 Å². The molecule has 2 aromatic heterocycles. The fourth-order valence-electron chi connectivity index (χ4n) is 3.72. The van der Waals surface area contributed by atoms with Crippen LogP contribution < -0.4 is 5.56 Å². The number of nitrogens with zero attached hydrogens (tertiary/aromatic N) is 3. The molecule has 1 amide bonds. The average molecular weight is 458 g/mol. The van der Waals surface area contributed by atoms with Crippen molar-refractivity contribution < 1.29 is 9.53 Å². The largest absolute Gasteiger partial charge is 0.378 e. The topological polar surface area (TPSA) is 64.4 Å². The zero-order valence-electron chi connectivity index (χ0n) is 18.1. The lowest BCUT2D eigenvalue weighted by atomic mass is 10.2. The minimum atomic E-state index is -0.0238. The molecule has 1 fully saturated rings. The Balaban J connectivity index is 1.58. The fraction of sp³-hybridized carbons (Fsp3) is 0.435. The van der Waals surface area contributed by atoms with E-state index in [9.17, 15) is 9.59 Å². The molecule has 0 bridgehead atoms. The van der Waals surface area contributed by atoms with Crippen molar-refractivity contribution in [3.05, 3.63) is 50.6 Å². The molecular formula is C23H27N3O3S2. The SMILES string of the molecule is Cc1cccc(-n2c(SCCCC(=O)N3CCOCC3)nc3sc(C)c(C)c3c2=O)c1. The highest BCUT2D eigenvalue weighted by molar-refractivity contribution is 7.99. The number of rotatable bonds is 6. The normalized spacial score (nSPS) is 14.4. The predicted molar refractivity (Wildman–Crippen MR) is 127 cm³/mol. The molecule has 1 aliphatic rings. The van der Waals surface area contributed by atoms with E-state index in [-0.39, 0.29) is 11.5 Å². The van der Waals surface area contributed by atoms with E-state index >= 15 is 0 Å². The van der Waals surface area contributed by atoms with E-state index < -0.39 is 0 Å². The van der Waals surface area contributed by atoms with Crippen LogP contribution in [0.1, 0.15) is 28.8 Å². The molecule has 6 nitrogen and oxygen atoms in total. The van der Waals surface area contributed by atoms with Crippen LogP contribution in [0.3, 0.4) is 0 Å². The van der Waals surface area contributed by atoms with Gasteiger partial charge in [-0.3, -0.25) is 14.2 Å². The lowest BCUT2D eigenvalue weighted by Crippen LogP contribution is -2.40. The summed E-state index contributed by atoms with van der Waals surface area (Å²) in [4.78, 5) is 34.5. The highest BCUT2D eigenvalue weighted by atomic mass is 32.2. The van der Waals surface area contributed by atoms with E-state index in [1.165, 1.54) is 0 Å². The van der Waals surface area contributed by atoms with Gasteiger partial charge < -0.3 is 9.64 Å². The number of morpholine rings is 1. The molecule has 3 heterocycles. The molecule has 0 aliphatic carbocycles. The number of aryl methyl sites for hydroxylation is 3. The molecule has 31 heavy (non-hydrogen) atoms. The minimum absolute atomic E-state index is 0.0238. The first-order valence-corrected chi connectivity index (χ1v) is 12.3. The number of fused-ring (bicyclic) bond motifs is 1. The molecule has 1 saturated heterocycles. The maximum Gasteiger partial charge on any atom is 0.267 e. The zero-order chi connectivity index (χ0) is 22.0. The lowest BCUT2D eigenvalue weighted by molar-refractivity contribution is -0.135. The molecule has 0 saturated carbocycles. The van der Waals surface area contributed by atoms with E-state index in [4.69, 9.17) is 9.72 Å². The summed E-state index contributed by atoms with van der Waals surface area (Å²) < 4.78 is 7.04. The number of hydrogen-bond acceptors (Lipinski definition) is 6. The van der Waals surface area contributed by atoms with E-state index in [2.05, 4.69) is 0 Å². The molecule has 1 aliphatic heterocycles. The van der Waals surface area contributed by atoms with Crippen molar-refractivity contribution in [2.45, 2.75) is 38.8 Å². The van der Waals surface area contributed by atoms with Gasteiger partial charge in [0.15, 0.2) is 5.16 Å². The monoisotopic (exact) mass is 457 g/mol. The van der Waals surface area contributed by atoms with Gasteiger partial charge in [0, 0.05) is 30.1 Å². The van der Waals surface area contributed by atoms with Crippen molar-refractivity contribution in [2.24, 2.45) is 0 Å². The van der Waals surface area contributed by atoms with Gasteiger partial charge in [-0.2, -0.15) is 0 Å². The summed E-state index contributed by atoms with van der Waals surface area (Å²) in [6.45, 7) is 8.62. The van der Waals surface area contributed by atoms with Crippen molar-refractivity contribution in [3.63, 3.8) is 0 Å². The Hall–Kier alpha value is -2.16. The van der Waals surface area contributed by atoms with Gasteiger partial charge >= 0.3 is 0 Å². The predicted octanol–water partition coefficient (Wildman–Crippen LogP) is 4.10. The zero-order valence-corrected chi connectivity index (χ0v) is 19.8. The smallest absolute Gasteiger partial charge is 0.267 e. The Morgan fingerprint density at radius 1 is 1.23 bits per heavy atom. The van der Waals surface area contributed by atoms with Crippen molar-refractivity contribution in [1.82, 2.24) is 14.5 Å². The standard InChI is InChI=1S/C23H27N3O3S2/c1-15-6-4-7-18(14-15)26-22(28)20-16(2)17(3)31-21(20)24-23(26)30-13-5-8-19(27)25-9-11-29-12-10-25/h4,6-7,14H,5,8-13H2,1-3H3. The Morgan fingerprint density at radius 2 is 2.00 bits per heavy atom. The Labute approximate surface area is 190 Å². The number of thioether (sulfide) groups is 1. The molecule has 0 radical (unpaired) electrons. The quantitative estimate of drug-likeness (QED) is 0.317. The van der Waals surface area contributed by atoms with Gasteiger partial charge in [-0.1, -0.05) is 23.9 Å². The highest BCUT2D eigenvalue weighted by Gasteiger charge is 2.19. The Bertz CT molecular complexity index is 1160. The summed E-state index contributed by atoms with van der Waals surface area (Å²) in [6.07, 6.45) is 1.24. The molecule has 0 atom stereocenters. The van der Waals surface area contributed by atoms with Crippen LogP contribution in [0, 0.1) is 20.8 Å². The highest BCUT2D eigenvalue weighted by Crippen LogP contribution is 2.30. The number of amides is 1. The molecular weight excluding hydrogens is 430 g/mol. The van der Waals surface area contributed by atoms with Crippen LogP contribution in [-0.2, 0) is 9.53 Å². The summed E-state index contributed by atoms with van der Waals surface area (Å²) in [5.74, 6) is 0.899. The number of hydrogen-bond donors (Lipinski definition) is 0. The number of carbonyl (C=O) groups excluding carboxylic acids is 1. The molecule has 3 aromatic rings. The second-order valence-electron chi connectivity index (χ2n) is 7.78. The third-order valence-corrected chi connectivity index (χ3v) is 7.69. The van der Waals surface area contributed by atoms with Crippen LogP contribution in [0.15, 0.2) is 34.2 Å². The van der Waals surface area contributed by atoms with Crippen LogP contribution in [0.25, 0.3) is 15.9 Å². The van der Waals surface area contributed by atoms with Gasteiger partial charge in [0.25, 0.3) is 5.56 Å². The average Bonchev–Trinajstić information content (AvgIpc) is 3.05. The molecule has 164 valence electrons. The molecule has 1 aromatic carbocycles. The Kier molecular flexibility index (Phi) is 6.79. The summed E-state index contributed by atoms with van der Waals surface area (Å²) >= 11 is 3.11. The summed E-state index contributed by atoms with van der Waals surface area (Å²) in [5.41, 5.74) is 2.90. The number of ether oxygens (including phenoxy) is 1. The first-order valence-electron chi connectivity index (χ1n) is 10.5.